The van der Waals surface area contributed by atoms with E-state index in [0.717, 1.165) is 0 Å². The molecular formula is C12H15ClF3NO2. The summed E-state index contributed by atoms with van der Waals surface area (Å²) in [4.78, 5) is 0. The van der Waals surface area contributed by atoms with Gasteiger partial charge in [-0.05, 0) is 18.2 Å². The average Bonchev–Trinajstić information content (AvgIpc) is 2.32. The number of benzene rings is 1. The van der Waals surface area contributed by atoms with Crippen LogP contribution in [-0.2, 0) is 11.3 Å². The van der Waals surface area contributed by atoms with Gasteiger partial charge in [0, 0.05) is 30.8 Å². The Bertz CT molecular complexity index is 399. The van der Waals surface area contributed by atoms with E-state index < -0.39 is 12.8 Å². The highest BCUT2D eigenvalue weighted by Gasteiger charge is 2.28. The van der Waals surface area contributed by atoms with Gasteiger partial charge in [-0.25, -0.2) is 0 Å². The van der Waals surface area contributed by atoms with Gasteiger partial charge < -0.3 is 14.8 Å². The second-order valence-corrected chi connectivity index (χ2v) is 4.26. The lowest BCUT2D eigenvalue weighted by Gasteiger charge is -2.14. The predicted octanol–water partition coefficient (Wildman–Crippen LogP) is 3.02. The molecule has 7 heteroatoms. The molecule has 0 saturated carbocycles. The molecule has 1 rings (SSSR count). The van der Waals surface area contributed by atoms with Crippen molar-refractivity contribution in [3.63, 3.8) is 0 Å². The fourth-order valence-electron chi connectivity index (χ4n) is 1.38. The SMILES string of the molecule is COCCNCc1cc(Cl)ccc1OCC(F)(F)F. The van der Waals surface area contributed by atoms with Gasteiger partial charge >= 0.3 is 6.18 Å². The van der Waals surface area contributed by atoms with Gasteiger partial charge in [0.1, 0.15) is 5.75 Å². The Balaban J connectivity index is 2.63. The quantitative estimate of drug-likeness (QED) is 0.785. The van der Waals surface area contributed by atoms with Crippen molar-refractivity contribution in [3.8, 4) is 5.75 Å². The molecule has 1 aromatic carbocycles. The molecule has 0 aliphatic heterocycles. The maximum atomic E-state index is 12.1. The highest BCUT2D eigenvalue weighted by Crippen LogP contribution is 2.25. The summed E-state index contributed by atoms with van der Waals surface area (Å²) in [5.74, 6) is 0.173. The van der Waals surface area contributed by atoms with Crippen molar-refractivity contribution >= 4 is 11.6 Å². The van der Waals surface area contributed by atoms with E-state index >= 15 is 0 Å². The van der Waals surface area contributed by atoms with E-state index in [4.69, 9.17) is 21.1 Å². The largest absolute Gasteiger partial charge is 0.484 e. The lowest BCUT2D eigenvalue weighted by Crippen LogP contribution is -2.22. The van der Waals surface area contributed by atoms with Gasteiger partial charge in [0.15, 0.2) is 6.61 Å². The van der Waals surface area contributed by atoms with Crippen LogP contribution in [0.1, 0.15) is 5.56 Å². The fourth-order valence-corrected chi connectivity index (χ4v) is 1.58. The molecule has 0 heterocycles. The molecule has 0 spiro atoms. The lowest BCUT2D eigenvalue weighted by atomic mass is 10.2. The number of hydrogen-bond acceptors (Lipinski definition) is 3. The summed E-state index contributed by atoms with van der Waals surface area (Å²) in [6, 6.07) is 4.50. The number of nitrogens with one attached hydrogen (secondary N) is 1. The highest BCUT2D eigenvalue weighted by molar-refractivity contribution is 6.30. The zero-order valence-corrected chi connectivity index (χ0v) is 11.1. The van der Waals surface area contributed by atoms with Gasteiger partial charge in [-0.1, -0.05) is 11.6 Å². The third kappa shape index (κ3) is 6.66. The van der Waals surface area contributed by atoms with Crippen molar-refractivity contribution in [1.82, 2.24) is 5.32 Å². The normalized spacial score (nSPS) is 11.6. The maximum Gasteiger partial charge on any atom is 0.422 e. The number of methoxy groups -OCH3 is 1. The van der Waals surface area contributed by atoms with Crippen LogP contribution in [0.2, 0.25) is 5.02 Å². The first kappa shape index (κ1) is 16.1. The summed E-state index contributed by atoms with van der Waals surface area (Å²) in [5, 5.41) is 3.47. The molecule has 0 aromatic heterocycles. The Morgan fingerprint density at radius 3 is 2.68 bits per heavy atom. The van der Waals surface area contributed by atoms with Crippen LogP contribution >= 0.6 is 11.6 Å². The minimum Gasteiger partial charge on any atom is -0.484 e. The Morgan fingerprint density at radius 1 is 1.32 bits per heavy atom. The van der Waals surface area contributed by atoms with E-state index in [9.17, 15) is 13.2 Å². The van der Waals surface area contributed by atoms with E-state index in [1.54, 1.807) is 13.2 Å². The van der Waals surface area contributed by atoms with E-state index in [1.165, 1.54) is 12.1 Å². The van der Waals surface area contributed by atoms with Gasteiger partial charge in [0.25, 0.3) is 0 Å². The summed E-state index contributed by atoms with van der Waals surface area (Å²) in [6.07, 6.45) is -4.36. The molecule has 108 valence electrons. The van der Waals surface area contributed by atoms with Gasteiger partial charge in [-0.2, -0.15) is 13.2 Å². The van der Waals surface area contributed by atoms with Gasteiger partial charge in [0.05, 0.1) is 6.61 Å². The first-order valence-corrected chi connectivity index (χ1v) is 5.98. The molecule has 0 aliphatic rings. The second kappa shape index (κ2) is 7.57. The summed E-state index contributed by atoms with van der Waals surface area (Å²) >= 11 is 5.82. The lowest BCUT2D eigenvalue weighted by molar-refractivity contribution is -0.153. The Hall–Kier alpha value is -0.980. The number of ether oxygens (including phenoxy) is 2. The maximum absolute atomic E-state index is 12.1. The van der Waals surface area contributed by atoms with Crippen molar-refractivity contribution in [2.24, 2.45) is 0 Å². The third-order valence-electron chi connectivity index (χ3n) is 2.21. The molecule has 0 aliphatic carbocycles. The minimum absolute atomic E-state index is 0.173. The molecular weight excluding hydrogens is 283 g/mol. The Kier molecular flexibility index (Phi) is 6.41. The van der Waals surface area contributed by atoms with Crippen molar-refractivity contribution in [2.75, 3.05) is 26.9 Å². The molecule has 0 unspecified atom stereocenters. The fraction of sp³-hybridized carbons (Fsp3) is 0.500. The highest BCUT2D eigenvalue weighted by atomic mass is 35.5. The van der Waals surface area contributed by atoms with Crippen molar-refractivity contribution in [2.45, 2.75) is 12.7 Å². The molecule has 1 aromatic rings. The molecule has 19 heavy (non-hydrogen) atoms. The first-order valence-electron chi connectivity index (χ1n) is 5.60. The smallest absolute Gasteiger partial charge is 0.422 e. The van der Waals surface area contributed by atoms with E-state index in [1.807, 2.05) is 0 Å². The summed E-state index contributed by atoms with van der Waals surface area (Å²) in [6.45, 7) is 0.137. The van der Waals surface area contributed by atoms with Crippen LogP contribution in [0.3, 0.4) is 0 Å². The van der Waals surface area contributed by atoms with Crippen molar-refractivity contribution in [3.05, 3.63) is 28.8 Å². The minimum atomic E-state index is -4.36. The zero-order chi connectivity index (χ0) is 14.3. The molecule has 0 atom stereocenters. The summed E-state index contributed by atoms with van der Waals surface area (Å²) < 4.78 is 46.0. The van der Waals surface area contributed by atoms with E-state index in [2.05, 4.69) is 5.32 Å². The van der Waals surface area contributed by atoms with Gasteiger partial charge in [-0.3, -0.25) is 0 Å². The van der Waals surface area contributed by atoms with Crippen LogP contribution in [0.4, 0.5) is 13.2 Å². The van der Waals surface area contributed by atoms with E-state index in [-0.39, 0.29) is 5.75 Å². The van der Waals surface area contributed by atoms with Gasteiger partial charge in [-0.15, -0.1) is 0 Å². The topological polar surface area (TPSA) is 30.5 Å². The number of halogens is 4. The molecule has 0 fully saturated rings. The predicted molar refractivity (Wildman–Crippen MR) is 66.6 cm³/mol. The Morgan fingerprint density at radius 2 is 2.05 bits per heavy atom. The number of alkyl halides is 3. The third-order valence-corrected chi connectivity index (χ3v) is 2.45. The first-order chi connectivity index (χ1) is 8.92. The molecule has 0 saturated heterocycles. The zero-order valence-electron chi connectivity index (χ0n) is 10.4. The summed E-state index contributed by atoms with van der Waals surface area (Å²) in [5.41, 5.74) is 0.577. The van der Waals surface area contributed by atoms with Crippen LogP contribution in [-0.4, -0.2) is 33.0 Å². The molecule has 3 nitrogen and oxygen atoms in total. The average molecular weight is 298 g/mol. The monoisotopic (exact) mass is 297 g/mol. The molecule has 0 amide bonds. The van der Waals surface area contributed by atoms with Crippen LogP contribution in [0.25, 0.3) is 0 Å². The second-order valence-electron chi connectivity index (χ2n) is 3.83. The molecule has 0 radical (unpaired) electrons. The van der Waals surface area contributed by atoms with E-state index in [0.29, 0.717) is 30.3 Å². The van der Waals surface area contributed by atoms with Gasteiger partial charge in [0.2, 0.25) is 0 Å². The Labute approximate surface area is 114 Å². The van der Waals surface area contributed by atoms with Crippen LogP contribution in [0.15, 0.2) is 18.2 Å². The number of rotatable bonds is 7. The van der Waals surface area contributed by atoms with Crippen LogP contribution < -0.4 is 10.1 Å². The molecule has 1 N–H and O–H groups in total. The molecule has 0 bridgehead atoms. The van der Waals surface area contributed by atoms with Crippen molar-refractivity contribution in [1.29, 1.82) is 0 Å². The van der Waals surface area contributed by atoms with Crippen molar-refractivity contribution < 1.29 is 22.6 Å². The van der Waals surface area contributed by atoms with Crippen LogP contribution in [0.5, 0.6) is 5.75 Å². The summed E-state index contributed by atoms with van der Waals surface area (Å²) in [7, 11) is 1.57. The standard InChI is InChI=1S/C12H15ClF3NO2/c1-18-5-4-17-7-9-6-10(13)2-3-11(9)19-8-12(14,15)16/h2-3,6,17H,4-5,7-8H2,1H3. The van der Waals surface area contributed by atoms with Crippen LogP contribution in [0, 0.1) is 0 Å². The number of hydrogen-bond donors (Lipinski definition) is 1.